The summed E-state index contributed by atoms with van der Waals surface area (Å²) in [5.41, 5.74) is 0. The molecule has 0 atom stereocenters. The van der Waals surface area contributed by atoms with Crippen molar-refractivity contribution in [2.45, 2.75) is 0 Å². The molecule has 1 radical (unpaired) electrons. The average Bonchev–Trinajstić information content (AvgIpc) is 1.81. The Balaban J connectivity index is 3.13. The van der Waals surface area contributed by atoms with E-state index >= 15 is 0 Å². The lowest BCUT2D eigenvalue weighted by Crippen LogP contribution is -1.64. The molecule has 0 N–H and O–H groups in total. The lowest BCUT2D eigenvalue weighted by atomic mass is 10.6. The molecule has 8 heavy (non-hydrogen) atoms. The molecule has 0 rings (SSSR count). The normalized spacial score (nSPS) is 10.8. The van der Waals surface area contributed by atoms with Crippen molar-refractivity contribution in [3.05, 3.63) is 24.7 Å². The van der Waals surface area contributed by atoms with E-state index < -0.39 is 0 Å². The summed E-state index contributed by atoms with van der Waals surface area (Å²) in [6.07, 6.45) is 7.32. The van der Waals surface area contributed by atoms with Gasteiger partial charge in [-0.1, -0.05) is 0 Å². The summed E-state index contributed by atoms with van der Waals surface area (Å²) in [6.45, 7) is 0. The molecule has 0 aromatic heterocycles. The van der Waals surface area contributed by atoms with Crippen LogP contribution >= 0.6 is 0 Å². The van der Waals surface area contributed by atoms with Crippen LogP contribution in [-0.4, -0.2) is 14.2 Å². The van der Waals surface area contributed by atoms with Crippen LogP contribution in [0.25, 0.3) is 0 Å². The molecule has 0 unspecified atom stereocenters. The van der Waals surface area contributed by atoms with Crippen LogP contribution in [0.2, 0.25) is 0 Å². The van der Waals surface area contributed by atoms with E-state index in [1.165, 1.54) is 13.4 Å². The van der Waals surface area contributed by atoms with Gasteiger partial charge in [-0.3, -0.25) is 0 Å². The third-order valence-electron chi connectivity index (χ3n) is 0.497. The van der Waals surface area contributed by atoms with Crippen molar-refractivity contribution < 1.29 is 9.47 Å². The van der Waals surface area contributed by atoms with Gasteiger partial charge in [0.1, 0.15) is 0 Å². The highest BCUT2D eigenvalue weighted by Gasteiger charge is 1.61. The van der Waals surface area contributed by atoms with Gasteiger partial charge in [-0.05, 0) is 12.2 Å². The molecule has 2 nitrogen and oxygen atoms in total. The number of methoxy groups -OCH3 is 2. The molecule has 0 aromatic rings. The summed E-state index contributed by atoms with van der Waals surface area (Å²) >= 11 is 0. The van der Waals surface area contributed by atoms with Crippen molar-refractivity contribution in [1.29, 1.82) is 0 Å². The first kappa shape index (κ1) is 7.08. The fraction of sp³-hybridized carbons (Fsp3) is 0.333. The van der Waals surface area contributed by atoms with Crippen molar-refractivity contribution in [3.63, 3.8) is 0 Å². The summed E-state index contributed by atoms with van der Waals surface area (Å²) in [5, 5.41) is 0. The van der Waals surface area contributed by atoms with E-state index in [1.807, 2.05) is 0 Å². The fourth-order valence-corrected chi connectivity index (χ4v) is 0.225. The molecule has 0 saturated carbocycles. The van der Waals surface area contributed by atoms with Crippen molar-refractivity contribution in [3.8, 4) is 0 Å². The summed E-state index contributed by atoms with van der Waals surface area (Å²) in [4.78, 5) is 0. The number of allylic oxidation sites excluding steroid dienone is 2. The van der Waals surface area contributed by atoms with Gasteiger partial charge in [0.05, 0.1) is 20.5 Å². The van der Waals surface area contributed by atoms with Gasteiger partial charge in [0, 0.05) is 0 Å². The predicted octanol–water partition coefficient (Wildman–Crippen LogP) is 1.11. The molecule has 0 bridgehead atoms. The van der Waals surface area contributed by atoms with Gasteiger partial charge in [-0.25, -0.2) is 0 Å². The Morgan fingerprint density at radius 2 is 2.12 bits per heavy atom. The zero-order valence-corrected chi connectivity index (χ0v) is 5.05. The number of rotatable bonds is 3. The topological polar surface area (TPSA) is 18.5 Å². The van der Waals surface area contributed by atoms with Gasteiger partial charge >= 0.3 is 0 Å². The minimum atomic E-state index is 1.53. The maximum absolute atomic E-state index is 4.58. The molecule has 0 fully saturated rings. The SMILES string of the molecule is CO/[C]=C/C=COC. The number of hydrogen-bond acceptors (Lipinski definition) is 2. The van der Waals surface area contributed by atoms with Crippen LogP contribution in [0.5, 0.6) is 0 Å². The van der Waals surface area contributed by atoms with Gasteiger partial charge < -0.3 is 9.47 Å². The Labute approximate surface area is 49.4 Å². The molecule has 0 amide bonds. The molecule has 0 aliphatic heterocycles. The maximum atomic E-state index is 4.58. The standard InChI is InChI=1S/C6H9O2/c1-7-5-3-4-6-8-2/h3-5H,1-2H3. The molecule has 2 heteroatoms. The van der Waals surface area contributed by atoms with E-state index in [0.717, 1.165) is 0 Å². The average molecular weight is 113 g/mol. The first-order valence-electron chi connectivity index (χ1n) is 2.21. The second-order valence-electron chi connectivity index (χ2n) is 1.05. The zero-order valence-electron chi connectivity index (χ0n) is 5.05. The lowest BCUT2D eigenvalue weighted by molar-refractivity contribution is 0.312. The second kappa shape index (κ2) is 6.08. The second-order valence-corrected chi connectivity index (χ2v) is 1.05. The van der Waals surface area contributed by atoms with Crippen molar-refractivity contribution >= 4 is 0 Å². The quantitative estimate of drug-likeness (QED) is 0.403. The van der Waals surface area contributed by atoms with Crippen LogP contribution in [0, 0.1) is 6.26 Å². The smallest absolute Gasteiger partial charge is 0.160 e. The van der Waals surface area contributed by atoms with Crippen LogP contribution in [0.15, 0.2) is 18.4 Å². The van der Waals surface area contributed by atoms with E-state index in [9.17, 15) is 0 Å². The van der Waals surface area contributed by atoms with Crippen molar-refractivity contribution in [2.24, 2.45) is 0 Å². The summed E-state index contributed by atoms with van der Waals surface area (Å²) in [6, 6.07) is 0. The third-order valence-corrected chi connectivity index (χ3v) is 0.497. The van der Waals surface area contributed by atoms with Crippen molar-refractivity contribution in [1.82, 2.24) is 0 Å². The number of hydrogen-bond donors (Lipinski definition) is 0. The Morgan fingerprint density at radius 1 is 1.38 bits per heavy atom. The molecule has 0 spiro atoms. The minimum Gasteiger partial charge on any atom is -0.504 e. The molecular formula is C6H9O2. The third kappa shape index (κ3) is 5.08. The molecule has 0 aliphatic carbocycles. The molecule has 0 aromatic carbocycles. The van der Waals surface area contributed by atoms with Crippen LogP contribution in [0.1, 0.15) is 0 Å². The monoisotopic (exact) mass is 113 g/mol. The minimum absolute atomic E-state index is 1.53. The van der Waals surface area contributed by atoms with Crippen LogP contribution in [0.4, 0.5) is 0 Å². The molecular weight excluding hydrogens is 104 g/mol. The molecule has 0 heterocycles. The van der Waals surface area contributed by atoms with Gasteiger partial charge in [-0.15, -0.1) is 0 Å². The first-order chi connectivity index (χ1) is 3.91. The van der Waals surface area contributed by atoms with Crippen LogP contribution in [0.3, 0.4) is 0 Å². The zero-order chi connectivity index (χ0) is 6.24. The van der Waals surface area contributed by atoms with Crippen LogP contribution in [-0.2, 0) is 9.47 Å². The van der Waals surface area contributed by atoms with Crippen molar-refractivity contribution in [2.75, 3.05) is 14.2 Å². The highest BCUT2D eigenvalue weighted by Crippen LogP contribution is 1.75. The van der Waals surface area contributed by atoms with Gasteiger partial charge in [0.15, 0.2) is 6.26 Å². The molecule has 0 saturated heterocycles. The Hall–Kier alpha value is -0.920. The number of ether oxygens (including phenoxy) is 2. The largest absolute Gasteiger partial charge is 0.504 e. The fourth-order valence-electron chi connectivity index (χ4n) is 0.225. The molecule has 0 aliphatic rings. The Kier molecular flexibility index (Phi) is 5.38. The maximum Gasteiger partial charge on any atom is 0.160 e. The predicted molar refractivity (Wildman–Crippen MR) is 31.0 cm³/mol. The van der Waals surface area contributed by atoms with Crippen LogP contribution < -0.4 is 0 Å². The van der Waals surface area contributed by atoms with E-state index in [-0.39, 0.29) is 0 Å². The summed E-state index contributed by atoms with van der Waals surface area (Å²) in [7, 11) is 3.12. The first-order valence-corrected chi connectivity index (χ1v) is 2.21. The Bertz CT molecular complexity index is 72.5. The van der Waals surface area contributed by atoms with E-state index in [4.69, 9.17) is 0 Å². The van der Waals surface area contributed by atoms with Gasteiger partial charge in [0.2, 0.25) is 0 Å². The summed E-state index contributed by atoms with van der Waals surface area (Å²) < 4.78 is 9.06. The van der Waals surface area contributed by atoms with Gasteiger partial charge in [0.25, 0.3) is 0 Å². The van der Waals surface area contributed by atoms with E-state index in [0.29, 0.717) is 0 Å². The highest BCUT2D eigenvalue weighted by molar-refractivity contribution is 4.92. The molecule has 45 valence electrons. The summed E-state index contributed by atoms with van der Waals surface area (Å²) in [5.74, 6) is 0. The Morgan fingerprint density at radius 3 is 2.62 bits per heavy atom. The van der Waals surface area contributed by atoms with E-state index in [2.05, 4.69) is 15.7 Å². The lowest BCUT2D eigenvalue weighted by Gasteiger charge is -1.81. The van der Waals surface area contributed by atoms with Gasteiger partial charge in [-0.2, -0.15) is 0 Å². The highest BCUT2D eigenvalue weighted by atomic mass is 16.5. The van der Waals surface area contributed by atoms with E-state index in [1.54, 1.807) is 19.3 Å².